The lowest BCUT2D eigenvalue weighted by molar-refractivity contribution is 0.104. The Labute approximate surface area is 147 Å². The molecule has 0 spiro atoms. The Morgan fingerprint density at radius 1 is 0.800 bits per heavy atom. The zero-order valence-corrected chi connectivity index (χ0v) is 14.4. The normalized spacial score (nSPS) is 11.0. The van der Waals surface area contributed by atoms with E-state index in [-0.39, 0.29) is 5.78 Å². The van der Waals surface area contributed by atoms with E-state index in [2.05, 4.69) is 22.8 Å². The molecule has 0 aliphatic carbocycles. The summed E-state index contributed by atoms with van der Waals surface area (Å²) in [5.74, 6) is 0.0654. The third kappa shape index (κ3) is 2.56. The van der Waals surface area contributed by atoms with Crippen LogP contribution in [-0.4, -0.2) is 10.4 Å². The van der Waals surface area contributed by atoms with Gasteiger partial charge < -0.3 is 4.57 Å². The van der Waals surface area contributed by atoms with Gasteiger partial charge in [0, 0.05) is 23.5 Å². The molecule has 0 aliphatic rings. The van der Waals surface area contributed by atoms with Crippen molar-refractivity contribution in [2.45, 2.75) is 6.92 Å². The fourth-order valence-electron chi connectivity index (χ4n) is 3.41. The largest absolute Gasteiger partial charge is 0.343 e. The lowest BCUT2D eigenvalue weighted by Gasteiger charge is -2.08. The van der Waals surface area contributed by atoms with Crippen LogP contribution in [0.4, 0.5) is 0 Å². The van der Waals surface area contributed by atoms with Crippen LogP contribution in [0.3, 0.4) is 0 Å². The molecular formula is C23H19NO. The van der Waals surface area contributed by atoms with E-state index in [0.29, 0.717) is 0 Å². The fraction of sp³-hybridized carbons (Fsp3) is 0.0870. The first kappa shape index (κ1) is 15.4. The van der Waals surface area contributed by atoms with Crippen molar-refractivity contribution in [3.05, 3.63) is 95.6 Å². The summed E-state index contributed by atoms with van der Waals surface area (Å²) in [4.78, 5) is 13.4. The minimum absolute atomic E-state index is 0.0654. The van der Waals surface area contributed by atoms with E-state index in [1.807, 2.05) is 74.6 Å². The number of hydrogen-bond donors (Lipinski definition) is 0. The average Bonchev–Trinajstić information content (AvgIpc) is 2.95. The molecule has 4 rings (SSSR count). The number of carbonyl (C=O) groups excluding carboxylic acids is 1. The SMILES string of the molecule is Cc1ccc(C(=O)c2c(-c3ccccc3)n(C)c3ccccc23)cc1. The van der Waals surface area contributed by atoms with Crippen LogP contribution in [0.5, 0.6) is 0 Å². The summed E-state index contributed by atoms with van der Waals surface area (Å²) < 4.78 is 2.12. The summed E-state index contributed by atoms with van der Waals surface area (Å²) in [5.41, 5.74) is 5.73. The minimum atomic E-state index is 0.0654. The molecule has 1 heterocycles. The molecule has 1 aromatic heterocycles. The van der Waals surface area contributed by atoms with Crippen LogP contribution >= 0.6 is 0 Å². The van der Waals surface area contributed by atoms with Crippen LogP contribution in [-0.2, 0) is 7.05 Å². The second kappa shape index (κ2) is 6.06. The molecule has 0 aliphatic heterocycles. The molecule has 0 saturated heterocycles. The quantitative estimate of drug-likeness (QED) is 0.463. The number of rotatable bonds is 3. The third-order valence-electron chi connectivity index (χ3n) is 4.69. The van der Waals surface area contributed by atoms with Crippen molar-refractivity contribution >= 4 is 16.7 Å². The van der Waals surface area contributed by atoms with Crippen molar-refractivity contribution in [2.24, 2.45) is 7.05 Å². The highest BCUT2D eigenvalue weighted by Gasteiger charge is 2.22. The predicted octanol–water partition coefficient (Wildman–Crippen LogP) is 5.38. The van der Waals surface area contributed by atoms with Crippen LogP contribution in [0.25, 0.3) is 22.2 Å². The van der Waals surface area contributed by atoms with Crippen LogP contribution in [0.1, 0.15) is 21.5 Å². The van der Waals surface area contributed by atoms with Gasteiger partial charge in [0.1, 0.15) is 0 Å². The van der Waals surface area contributed by atoms with E-state index in [9.17, 15) is 4.79 Å². The minimum Gasteiger partial charge on any atom is -0.343 e. The van der Waals surface area contributed by atoms with Gasteiger partial charge in [-0.05, 0) is 18.6 Å². The number of nitrogens with zero attached hydrogens (tertiary/aromatic N) is 1. The number of para-hydroxylation sites is 1. The second-order valence-electron chi connectivity index (χ2n) is 6.36. The van der Waals surface area contributed by atoms with Gasteiger partial charge in [-0.15, -0.1) is 0 Å². The van der Waals surface area contributed by atoms with Crippen LogP contribution in [0.2, 0.25) is 0 Å². The third-order valence-corrected chi connectivity index (χ3v) is 4.69. The van der Waals surface area contributed by atoms with E-state index in [0.717, 1.165) is 38.9 Å². The molecule has 0 saturated carbocycles. The number of aromatic nitrogens is 1. The maximum absolute atomic E-state index is 13.4. The van der Waals surface area contributed by atoms with Gasteiger partial charge in [0.05, 0.1) is 11.3 Å². The maximum Gasteiger partial charge on any atom is 0.195 e. The number of fused-ring (bicyclic) bond motifs is 1. The highest BCUT2D eigenvalue weighted by Crippen LogP contribution is 2.34. The number of carbonyl (C=O) groups is 1. The van der Waals surface area contributed by atoms with E-state index in [4.69, 9.17) is 0 Å². The molecular weight excluding hydrogens is 306 g/mol. The van der Waals surface area contributed by atoms with Gasteiger partial charge >= 0.3 is 0 Å². The summed E-state index contributed by atoms with van der Waals surface area (Å²) in [6.45, 7) is 2.03. The highest BCUT2D eigenvalue weighted by molar-refractivity contribution is 6.20. The second-order valence-corrected chi connectivity index (χ2v) is 6.36. The molecule has 0 bridgehead atoms. The van der Waals surface area contributed by atoms with E-state index >= 15 is 0 Å². The van der Waals surface area contributed by atoms with Gasteiger partial charge in [0.15, 0.2) is 5.78 Å². The summed E-state index contributed by atoms with van der Waals surface area (Å²) >= 11 is 0. The molecule has 0 amide bonds. The molecule has 122 valence electrons. The Morgan fingerprint density at radius 2 is 1.44 bits per heavy atom. The Hall–Kier alpha value is -3.13. The van der Waals surface area contributed by atoms with Crippen molar-refractivity contribution in [3.63, 3.8) is 0 Å². The van der Waals surface area contributed by atoms with E-state index < -0.39 is 0 Å². The summed E-state index contributed by atoms with van der Waals surface area (Å²) in [6.07, 6.45) is 0. The molecule has 25 heavy (non-hydrogen) atoms. The monoisotopic (exact) mass is 325 g/mol. The Balaban J connectivity index is 2.02. The fourth-order valence-corrected chi connectivity index (χ4v) is 3.41. The molecule has 4 aromatic rings. The molecule has 2 nitrogen and oxygen atoms in total. The summed E-state index contributed by atoms with van der Waals surface area (Å²) in [5, 5.41) is 0.995. The summed E-state index contributed by atoms with van der Waals surface area (Å²) in [6, 6.07) is 26.0. The first-order valence-corrected chi connectivity index (χ1v) is 8.41. The van der Waals surface area contributed by atoms with Crippen molar-refractivity contribution in [2.75, 3.05) is 0 Å². The van der Waals surface area contributed by atoms with Crippen LogP contribution < -0.4 is 0 Å². The van der Waals surface area contributed by atoms with Crippen molar-refractivity contribution in [1.29, 1.82) is 0 Å². The maximum atomic E-state index is 13.4. The van der Waals surface area contributed by atoms with Crippen molar-refractivity contribution in [1.82, 2.24) is 4.57 Å². The molecule has 0 fully saturated rings. The average molecular weight is 325 g/mol. The number of benzene rings is 3. The molecule has 0 N–H and O–H groups in total. The molecule has 3 aromatic carbocycles. The van der Waals surface area contributed by atoms with Gasteiger partial charge in [-0.25, -0.2) is 0 Å². The first-order valence-electron chi connectivity index (χ1n) is 8.41. The van der Waals surface area contributed by atoms with Gasteiger partial charge in [-0.1, -0.05) is 78.4 Å². The highest BCUT2D eigenvalue weighted by atomic mass is 16.1. The number of aryl methyl sites for hydroxylation is 2. The standard InChI is InChI=1S/C23H19NO/c1-16-12-14-18(15-13-16)23(25)21-19-10-6-7-11-20(19)24(2)22(21)17-8-4-3-5-9-17/h3-15H,1-2H3. The molecule has 0 atom stereocenters. The van der Waals surface area contributed by atoms with Gasteiger partial charge in [0.2, 0.25) is 0 Å². The summed E-state index contributed by atoms with van der Waals surface area (Å²) in [7, 11) is 2.02. The van der Waals surface area contributed by atoms with E-state index in [1.165, 1.54) is 0 Å². The molecule has 0 radical (unpaired) electrons. The predicted molar refractivity (Wildman–Crippen MR) is 103 cm³/mol. The van der Waals surface area contributed by atoms with Gasteiger partial charge in [-0.2, -0.15) is 0 Å². The van der Waals surface area contributed by atoms with Crippen molar-refractivity contribution in [3.8, 4) is 11.3 Å². The molecule has 0 unspecified atom stereocenters. The Morgan fingerprint density at radius 3 is 2.16 bits per heavy atom. The smallest absolute Gasteiger partial charge is 0.195 e. The molecule has 2 heteroatoms. The van der Waals surface area contributed by atoms with Gasteiger partial charge in [-0.3, -0.25) is 4.79 Å². The topological polar surface area (TPSA) is 22.0 Å². The Kier molecular flexibility index (Phi) is 3.73. The zero-order chi connectivity index (χ0) is 17.4. The Bertz CT molecular complexity index is 1060. The van der Waals surface area contributed by atoms with E-state index in [1.54, 1.807) is 0 Å². The lowest BCUT2D eigenvalue weighted by Crippen LogP contribution is -2.04. The van der Waals surface area contributed by atoms with Crippen molar-refractivity contribution < 1.29 is 4.79 Å². The lowest BCUT2D eigenvalue weighted by atomic mass is 9.97. The van der Waals surface area contributed by atoms with Gasteiger partial charge in [0.25, 0.3) is 0 Å². The number of hydrogen-bond acceptors (Lipinski definition) is 1. The zero-order valence-electron chi connectivity index (χ0n) is 14.4. The number of ketones is 1. The van der Waals surface area contributed by atoms with Crippen LogP contribution in [0.15, 0.2) is 78.9 Å². The van der Waals surface area contributed by atoms with Crippen LogP contribution in [0, 0.1) is 6.92 Å². The first-order chi connectivity index (χ1) is 12.2.